The van der Waals surface area contributed by atoms with Crippen molar-refractivity contribution in [2.24, 2.45) is 0 Å². The fourth-order valence-electron chi connectivity index (χ4n) is 1.66. The molecule has 1 unspecified atom stereocenters. The molecule has 1 aromatic rings. The molecule has 0 saturated carbocycles. The van der Waals surface area contributed by atoms with Gasteiger partial charge in [-0.1, -0.05) is 23.8 Å². The smallest absolute Gasteiger partial charge is 0.0814 e. The predicted molar refractivity (Wildman–Crippen MR) is 64.3 cm³/mol. The lowest BCUT2D eigenvalue weighted by Gasteiger charge is -2.23. The summed E-state index contributed by atoms with van der Waals surface area (Å²) in [6, 6.07) is 6.52. The van der Waals surface area contributed by atoms with Crippen LogP contribution in [0, 0.1) is 6.92 Å². The Morgan fingerprint density at radius 3 is 3.00 bits per heavy atom. The van der Waals surface area contributed by atoms with Crippen LogP contribution in [0.5, 0.6) is 0 Å². The van der Waals surface area contributed by atoms with Gasteiger partial charge < -0.3 is 0 Å². The first kappa shape index (κ1) is 10.1. The van der Waals surface area contributed by atoms with Gasteiger partial charge in [0, 0.05) is 10.6 Å². The molecule has 14 heavy (non-hydrogen) atoms. The third kappa shape index (κ3) is 1.71. The molecule has 1 heterocycles. The largest absolute Gasteiger partial charge is 0.121 e. The van der Waals surface area contributed by atoms with Gasteiger partial charge in [0.25, 0.3) is 0 Å². The molecule has 0 bridgehead atoms. The first-order chi connectivity index (χ1) is 6.72. The van der Waals surface area contributed by atoms with Crippen LogP contribution < -0.4 is 0 Å². The van der Waals surface area contributed by atoms with E-state index in [1.165, 1.54) is 21.6 Å². The molecule has 0 amide bonds. The van der Waals surface area contributed by atoms with Crippen molar-refractivity contribution in [1.29, 1.82) is 0 Å². The van der Waals surface area contributed by atoms with E-state index in [9.17, 15) is 0 Å². The minimum absolute atomic E-state index is 0.0798. The van der Waals surface area contributed by atoms with E-state index in [0.29, 0.717) is 0 Å². The number of hydrogen-bond donors (Lipinski definition) is 0. The standard InChI is InChI=1S/C12H13ClS/c1-3-9-7-14-11-5-4-8(2)6-10(11)12(9)13/h3-6,12H,7H2,1-2H3/b9-3+. The molecule has 1 aliphatic heterocycles. The zero-order valence-corrected chi connectivity index (χ0v) is 9.95. The molecule has 0 nitrogen and oxygen atoms in total. The zero-order valence-electron chi connectivity index (χ0n) is 8.38. The highest BCUT2D eigenvalue weighted by Gasteiger charge is 2.22. The maximum Gasteiger partial charge on any atom is 0.0814 e. The first-order valence-corrected chi connectivity index (χ1v) is 6.17. The maximum atomic E-state index is 6.40. The Balaban J connectivity index is 2.48. The fraction of sp³-hybridized carbons (Fsp3) is 0.333. The highest BCUT2D eigenvalue weighted by atomic mass is 35.5. The van der Waals surface area contributed by atoms with Crippen LogP contribution in [0.3, 0.4) is 0 Å². The van der Waals surface area contributed by atoms with E-state index in [4.69, 9.17) is 11.6 Å². The first-order valence-electron chi connectivity index (χ1n) is 4.75. The molecular weight excluding hydrogens is 212 g/mol. The second kappa shape index (κ2) is 4.00. The van der Waals surface area contributed by atoms with E-state index in [0.717, 1.165) is 5.75 Å². The zero-order chi connectivity index (χ0) is 10.1. The van der Waals surface area contributed by atoms with Crippen molar-refractivity contribution in [3.8, 4) is 0 Å². The van der Waals surface area contributed by atoms with Crippen LogP contribution in [0.25, 0.3) is 0 Å². The fourth-order valence-corrected chi connectivity index (χ4v) is 3.36. The number of allylic oxidation sites excluding steroid dienone is 1. The topological polar surface area (TPSA) is 0 Å². The molecule has 0 saturated heterocycles. The molecule has 2 rings (SSSR count). The van der Waals surface area contributed by atoms with Gasteiger partial charge in [-0.2, -0.15) is 0 Å². The summed E-state index contributed by atoms with van der Waals surface area (Å²) in [5, 5.41) is 0.0798. The summed E-state index contributed by atoms with van der Waals surface area (Å²) in [5.41, 5.74) is 3.89. The van der Waals surface area contributed by atoms with Crippen LogP contribution in [0.4, 0.5) is 0 Å². The molecule has 0 aliphatic carbocycles. The van der Waals surface area contributed by atoms with Gasteiger partial charge in [0.15, 0.2) is 0 Å². The summed E-state index contributed by atoms with van der Waals surface area (Å²) >= 11 is 8.28. The second-order valence-corrected chi connectivity index (χ2v) is 5.01. The van der Waals surface area contributed by atoms with Crippen LogP contribution in [-0.2, 0) is 0 Å². The Hall–Kier alpha value is -0.400. The normalized spacial score (nSPS) is 23.6. The van der Waals surface area contributed by atoms with Gasteiger partial charge in [0.05, 0.1) is 5.38 Å². The van der Waals surface area contributed by atoms with Gasteiger partial charge in [0.2, 0.25) is 0 Å². The molecule has 1 aliphatic rings. The summed E-state index contributed by atoms with van der Waals surface area (Å²) in [6.45, 7) is 4.17. The van der Waals surface area contributed by atoms with Crippen molar-refractivity contribution in [2.75, 3.05) is 5.75 Å². The lowest BCUT2D eigenvalue weighted by Crippen LogP contribution is -2.06. The number of aryl methyl sites for hydroxylation is 1. The molecule has 0 fully saturated rings. The van der Waals surface area contributed by atoms with E-state index in [-0.39, 0.29) is 5.38 Å². The summed E-state index contributed by atoms with van der Waals surface area (Å²) < 4.78 is 0. The van der Waals surface area contributed by atoms with Crippen LogP contribution in [0.15, 0.2) is 34.7 Å². The lowest BCUT2D eigenvalue weighted by molar-refractivity contribution is 1.02. The van der Waals surface area contributed by atoms with Crippen molar-refractivity contribution < 1.29 is 0 Å². The molecule has 0 spiro atoms. The minimum atomic E-state index is 0.0798. The Labute approximate surface area is 94.4 Å². The van der Waals surface area contributed by atoms with Crippen LogP contribution in [0.1, 0.15) is 23.4 Å². The van der Waals surface area contributed by atoms with Crippen molar-refractivity contribution in [3.05, 3.63) is 41.0 Å². The number of alkyl halides is 1. The molecule has 0 N–H and O–H groups in total. The number of hydrogen-bond acceptors (Lipinski definition) is 1. The lowest BCUT2D eigenvalue weighted by atomic mass is 10.0. The number of benzene rings is 1. The van der Waals surface area contributed by atoms with E-state index >= 15 is 0 Å². The van der Waals surface area contributed by atoms with Gasteiger partial charge in [-0.3, -0.25) is 0 Å². The minimum Gasteiger partial charge on any atom is -0.121 e. The molecule has 0 aromatic heterocycles. The second-order valence-electron chi connectivity index (χ2n) is 3.56. The van der Waals surface area contributed by atoms with Crippen molar-refractivity contribution in [2.45, 2.75) is 24.1 Å². The number of thioether (sulfide) groups is 1. The Morgan fingerprint density at radius 1 is 1.50 bits per heavy atom. The number of halogens is 1. The van der Waals surface area contributed by atoms with Crippen molar-refractivity contribution >= 4 is 23.4 Å². The average Bonchev–Trinajstić information content (AvgIpc) is 2.20. The Bertz CT molecular complexity index is 382. The summed E-state index contributed by atoms with van der Waals surface area (Å²) in [5.74, 6) is 1.03. The monoisotopic (exact) mass is 224 g/mol. The van der Waals surface area contributed by atoms with E-state index in [2.05, 4.69) is 38.1 Å². The van der Waals surface area contributed by atoms with E-state index in [1.54, 1.807) is 0 Å². The van der Waals surface area contributed by atoms with Crippen molar-refractivity contribution in [3.63, 3.8) is 0 Å². The van der Waals surface area contributed by atoms with Gasteiger partial charge >= 0.3 is 0 Å². The number of rotatable bonds is 0. The highest BCUT2D eigenvalue weighted by molar-refractivity contribution is 7.99. The molecule has 0 radical (unpaired) electrons. The van der Waals surface area contributed by atoms with E-state index in [1.807, 2.05) is 11.8 Å². The summed E-state index contributed by atoms with van der Waals surface area (Å²) in [7, 11) is 0. The van der Waals surface area contributed by atoms with Gasteiger partial charge in [-0.25, -0.2) is 0 Å². The third-order valence-corrected chi connectivity index (χ3v) is 4.20. The van der Waals surface area contributed by atoms with Gasteiger partial charge in [-0.15, -0.1) is 23.4 Å². The average molecular weight is 225 g/mol. The SMILES string of the molecule is C/C=C1\CSc2ccc(C)cc2C1Cl. The highest BCUT2D eigenvalue weighted by Crippen LogP contribution is 2.43. The quantitative estimate of drug-likeness (QED) is 0.467. The Morgan fingerprint density at radius 2 is 2.29 bits per heavy atom. The van der Waals surface area contributed by atoms with Gasteiger partial charge in [-0.05, 0) is 31.1 Å². The van der Waals surface area contributed by atoms with Crippen LogP contribution in [0.2, 0.25) is 0 Å². The summed E-state index contributed by atoms with van der Waals surface area (Å²) in [6.07, 6.45) is 2.13. The molecule has 74 valence electrons. The molecule has 1 atom stereocenters. The third-order valence-electron chi connectivity index (χ3n) is 2.53. The Kier molecular flexibility index (Phi) is 2.89. The summed E-state index contributed by atoms with van der Waals surface area (Å²) in [4.78, 5) is 1.33. The van der Waals surface area contributed by atoms with Crippen molar-refractivity contribution in [1.82, 2.24) is 0 Å². The van der Waals surface area contributed by atoms with E-state index < -0.39 is 0 Å². The maximum absolute atomic E-state index is 6.40. The van der Waals surface area contributed by atoms with Crippen LogP contribution >= 0.6 is 23.4 Å². The predicted octanol–water partition coefficient (Wildman–Crippen LogP) is 4.33. The molecule has 2 heteroatoms. The van der Waals surface area contributed by atoms with Gasteiger partial charge in [0.1, 0.15) is 0 Å². The molecule has 1 aromatic carbocycles. The number of fused-ring (bicyclic) bond motifs is 1. The van der Waals surface area contributed by atoms with Crippen LogP contribution in [-0.4, -0.2) is 5.75 Å². The molecular formula is C12H13ClS.